The van der Waals surface area contributed by atoms with Gasteiger partial charge in [0.1, 0.15) is 24.4 Å². The van der Waals surface area contributed by atoms with E-state index >= 15 is 0 Å². The monoisotopic (exact) mass is 444 g/mol. The second-order valence-corrected chi connectivity index (χ2v) is 7.61. The number of fused-ring (bicyclic) bond motifs is 2. The molecule has 33 heavy (non-hydrogen) atoms. The van der Waals surface area contributed by atoms with Gasteiger partial charge in [0, 0.05) is 22.6 Å². The van der Waals surface area contributed by atoms with Gasteiger partial charge < -0.3 is 14.3 Å². The largest absolute Gasteiger partial charge is 0.478 e. The molecule has 0 bridgehead atoms. The summed E-state index contributed by atoms with van der Waals surface area (Å²) in [7, 11) is 0. The van der Waals surface area contributed by atoms with Crippen LogP contribution in [0, 0.1) is 0 Å². The van der Waals surface area contributed by atoms with E-state index in [9.17, 15) is 14.7 Å². The molecule has 1 aliphatic heterocycles. The average molecular weight is 445 g/mol. The average Bonchev–Trinajstić information content (AvgIpc) is 2.83. The van der Waals surface area contributed by atoms with Crippen LogP contribution in [0.25, 0.3) is 33.4 Å². The Morgan fingerprint density at radius 3 is 2.39 bits per heavy atom. The number of carboxylic acid groups (broad SMARTS) is 1. The second-order valence-electron chi connectivity index (χ2n) is 7.61. The maximum absolute atomic E-state index is 12.4. The Kier molecular flexibility index (Phi) is 6.27. The third kappa shape index (κ3) is 4.12. The minimum Gasteiger partial charge on any atom is -0.478 e. The zero-order chi connectivity index (χ0) is 23.5. The summed E-state index contributed by atoms with van der Waals surface area (Å²) in [5, 5.41) is 11.5. The van der Waals surface area contributed by atoms with Crippen molar-refractivity contribution in [2.24, 2.45) is 0 Å². The highest BCUT2D eigenvalue weighted by Gasteiger charge is 2.23. The maximum atomic E-state index is 12.4. The molecule has 1 aliphatic carbocycles. The van der Waals surface area contributed by atoms with Gasteiger partial charge in [-0.25, -0.2) is 14.2 Å². The molecule has 168 valence electrons. The van der Waals surface area contributed by atoms with Crippen LogP contribution < -0.4 is 9.93 Å². The minimum atomic E-state index is -1.02. The van der Waals surface area contributed by atoms with Crippen LogP contribution in [-0.4, -0.2) is 36.7 Å². The number of aromatic carboxylic acids is 1. The van der Waals surface area contributed by atoms with E-state index in [4.69, 9.17) is 9.15 Å². The van der Waals surface area contributed by atoms with Crippen LogP contribution in [0.3, 0.4) is 0 Å². The lowest BCUT2D eigenvalue weighted by molar-refractivity contribution is 0.0526. The maximum Gasteiger partial charge on any atom is 0.338 e. The van der Waals surface area contributed by atoms with E-state index in [1.165, 1.54) is 0 Å². The topological polar surface area (TPSA) is 79.8 Å². The molecule has 0 fully saturated rings. The van der Waals surface area contributed by atoms with Gasteiger partial charge in [0.2, 0.25) is 5.36 Å². The molecule has 1 N–H and O–H groups in total. The van der Waals surface area contributed by atoms with Crippen LogP contribution in [0.1, 0.15) is 41.5 Å². The Morgan fingerprint density at radius 1 is 0.939 bits per heavy atom. The van der Waals surface area contributed by atoms with Crippen molar-refractivity contribution in [2.75, 3.05) is 19.7 Å². The first-order chi connectivity index (χ1) is 16.0. The summed E-state index contributed by atoms with van der Waals surface area (Å²) in [6.45, 7) is 7.92. The number of carbonyl (C=O) groups is 2. The van der Waals surface area contributed by atoms with Crippen molar-refractivity contribution in [3.63, 3.8) is 0 Å². The van der Waals surface area contributed by atoms with Gasteiger partial charge in [0.05, 0.1) is 23.8 Å². The van der Waals surface area contributed by atoms with Crippen molar-refractivity contribution < 1.29 is 23.8 Å². The number of nitrogens with zero attached hydrogens (tertiary/aromatic N) is 1. The normalized spacial score (nSPS) is 11.0. The molecular formula is C27H26NO5+. The van der Waals surface area contributed by atoms with E-state index < -0.39 is 11.9 Å². The first-order valence-electron chi connectivity index (χ1n) is 11.1. The number of carboxylic acids is 1. The van der Waals surface area contributed by atoms with Gasteiger partial charge in [-0.15, -0.1) is 0 Å². The highest BCUT2D eigenvalue weighted by Crippen LogP contribution is 2.41. The molecule has 2 aliphatic rings. The highest BCUT2D eigenvalue weighted by atomic mass is 16.5. The second kappa shape index (κ2) is 9.28. The van der Waals surface area contributed by atoms with E-state index in [0.717, 1.165) is 24.0 Å². The molecule has 0 saturated heterocycles. The predicted molar refractivity (Wildman–Crippen MR) is 128 cm³/mol. The molecule has 2 aromatic carbocycles. The molecule has 6 nitrogen and oxygen atoms in total. The number of hydrogen-bond acceptors (Lipinski definition) is 4. The van der Waals surface area contributed by atoms with Gasteiger partial charge in [-0.3, -0.25) is 0 Å². The van der Waals surface area contributed by atoms with Crippen LogP contribution in [0.15, 0.2) is 65.1 Å². The molecule has 1 heterocycles. The molecule has 0 aromatic heterocycles. The van der Waals surface area contributed by atoms with E-state index in [0.29, 0.717) is 33.4 Å². The van der Waals surface area contributed by atoms with Gasteiger partial charge >= 0.3 is 11.9 Å². The zero-order valence-corrected chi connectivity index (χ0v) is 18.9. The lowest BCUT2D eigenvalue weighted by Gasteiger charge is -2.17. The fraction of sp³-hybridized carbons (Fsp3) is 0.222. The summed E-state index contributed by atoms with van der Waals surface area (Å²) in [6.07, 6.45) is 0. The molecular weight excluding hydrogens is 418 g/mol. The fourth-order valence-corrected chi connectivity index (χ4v) is 4.18. The van der Waals surface area contributed by atoms with Gasteiger partial charge in [0.25, 0.3) is 0 Å². The third-order valence-electron chi connectivity index (χ3n) is 5.77. The van der Waals surface area contributed by atoms with Crippen molar-refractivity contribution in [2.45, 2.75) is 20.8 Å². The zero-order valence-electron chi connectivity index (χ0n) is 18.9. The summed E-state index contributed by atoms with van der Waals surface area (Å²) in [4.78, 5) is 24.5. The van der Waals surface area contributed by atoms with Crippen molar-refractivity contribution in [3.05, 3.63) is 77.1 Å². The van der Waals surface area contributed by atoms with Gasteiger partial charge in [-0.2, -0.15) is 0 Å². The number of benzene rings is 3. The number of ether oxygens (including phenoxy) is 1. The van der Waals surface area contributed by atoms with Gasteiger partial charge in [-0.05, 0) is 56.7 Å². The molecule has 0 amide bonds. The van der Waals surface area contributed by atoms with E-state index in [-0.39, 0.29) is 12.2 Å². The summed E-state index contributed by atoms with van der Waals surface area (Å²) < 4.78 is 13.6. The quantitative estimate of drug-likeness (QED) is 0.260. The first kappa shape index (κ1) is 22.3. The molecule has 4 rings (SSSR count). The smallest absolute Gasteiger partial charge is 0.338 e. The van der Waals surface area contributed by atoms with E-state index in [1.54, 1.807) is 43.3 Å². The SMILES string of the molecule is CCOC(=O)c1ccc2oc3cc(=[N+](CC)CC)ccc-3c(-c3ccccc3C(=O)O)c2c1. The Hall–Kier alpha value is -3.93. The number of rotatable bonds is 6. The molecule has 6 heteroatoms. The van der Waals surface area contributed by atoms with Crippen molar-refractivity contribution >= 4 is 22.9 Å². The van der Waals surface area contributed by atoms with Crippen molar-refractivity contribution in [1.29, 1.82) is 0 Å². The van der Waals surface area contributed by atoms with E-state index in [1.807, 2.05) is 24.3 Å². The van der Waals surface area contributed by atoms with E-state index in [2.05, 4.69) is 18.4 Å². The standard InChI is InChI=1S/C27H25NO5/c1-4-28(5-2)18-12-13-21-24(16-18)33-23-14-11-17(27(31)32-6-3)15-22(23)25(21)19-9-7-8-10-20(19)26(29)30/h7-16H,4-6H2,1-3H3/p+1. The number of hydrogen-bond donors (Lipinski definition) is 1. The molecule has 0 atom stereocenters. The molecule has 0 saturated carbocycles. The lowest BCUT2D eigenvalue weighted by atomic mass is 9.90. The van der Waals surface area contributed by atoms with Crippen LogP contribution in [-0.2, 0) is 4.74 Å². The third-order valence-corrected chi connectivity index (χ3v) is 5.77. The molecule has 0 radical (unpaired) electrons. The number of carbonyl (C=O) groups excluding carboxylic acids is 1. The van der Waals surface area contributed by atoms with Crippen LogP contribution in [0.5, 0.6) is 0 Å². The van der Waals surface area contributed by atoms with Crippen LogP contribution in [0.2, 0.25) is 0 Å². The fourth-order valence-electron chi connectivity index (χ4n) is 4.18. The lowest BCUT2D eigenvalue weighted by Crippen LogP contribution is -2.29. The molecule has 2 aromatic rings. The Bertz CT molecular complexity index is 1390. The summed E-state index contributed by atoms with van der Waals surface area (Å²) in [5.74, 6) is -0.811. The molecule has 0 spiro atoms. The Labute approximate surface area is 191 Å². The van der Waals surface area contributed by atoms with Gasteiger partial charge in [-0.1, -0.05) is 18.2 Å². The van der Waals surface area contributed by atoms with Crippen molar-refractivity contribution in [1.82, 2.24) is 4.58 Å². The summed E-state index contributed by atoms with van der Waals surface area (Å²) in [6, 6.07) is 17.9. The number of esters is 1. The molecule has 0 unspecified atom stereocenters. The van der Waals surface area contributed by atoms with Crippen molar-refractivity contribution in [3.8, 4) is 22.5 Å². The highest BCUT2D eigenvalue weighted by molar-refractivity contribution is 6.08. The minimum absolute atomic E-state index is 0.181. The Balaban J connectivity index is 2.14. The predicted octanol–water partition coefficient (Wildman–Crippen LogP) is 4.89. The summed E-state index contributed by atoms with van der Waals surface area (Å²) >= 11 is 0. The Morgan fingerprint density at radius 2 is 1.70 bits per heavy atom. The van der Waals surface area contributed by atoms with Crippen LogP contribution in [0.4, 0.5) is 0 Å². The summed E-state index contributed by atoms with van der Waals surface area (Å²) in [5.41, 5.74) is 3.16. The van der Waals surface area contributed by atoms with Crippen LogP contribution >= 0.6 is 0 Å². The first-order valence-corrected chi connectivity index (χ1v) is 11.1. The van der Waals surface area contributed by atoms with Gasteiger partial charge in [0.15, 0.2) is 0 Å².